The zero-order valence-electron chi connectivity index (χ0n) is 15.5. The van der Waals surface area contributed by atoms with E-state index in [2.05, 4.69) is 32.9 Å². The Hall–Kier alpha value is -2.60. The number of amides is 2. The van der Waals surface area contributed by atoms with Crippen LogP contribution in [0, 0.1) is 0 Å². The van der Waals surface area contributed by atoms with Gasteiger partial charge in [0.25, 0.3) is 11.8 Å². The second kappa shape index (κ2) is 7.56. The van der Waals surface area contributed by atoms with Crippen molar-refractivity contribution < 1.29 is 19.2 Å². The third-order valence-corrected chi connectivity index (χ3v) is 5.24. The van der Waals surface area contributed by atoms with Crippen LogP contribution in [0.4, 0.5) is 0 Å². The summed E-state index contributed by atoms with van der Waals surface area (Å²) >= 11 is 1.37. The lowest BCUT2D eigenvalue weighted by atomic mass is 9.87. The van der Waals surface area contributed by atoms with Gasteiger partial charge in [-0.1, -0.05) is 62.2 Å². The van der Waals surface area contributed by atoms with E-state index >= 15 is 0 Å². The fourth-order valence-electron chi connectivity index (χ4n) is 2.73. The highest BCUT2D eigenvalue weighted by atomic mass is 32.2. The highest BCUT2D eigenvalue weighted by Crippen LogP contribution is 2.25. The van der Waals surface area contributed by atoms with Crippen LogP contribution in [0.25, 0.3) is 0 Å². The van der Waals surface area contributed by atoms with Gasteiger partial charge in [0.2, 0.25) is 0 Å². The first-order valence-electron chi connectivity index (χ1n) is 8.63. The Bertz CT molecular complexity index is 849. The smallest absolute Gasteiger partial charge is 0.329 e. The van der Waals surface area contributed by atoms with Gasteiger partial charge in [0.1, 0.15) is 0 Å². The molecule has 5 nitrogen and oxygen atoms in total. The van der Waals surface area contributed by atoms with Crippen LogP contribution >= 0.6 is 11.8 Å². The Labute approximate surface area is 162 Å². The molecule has 0 atom stereocenters. The minimum atomic E-state index is -0.624. The first-order valence-corrected chi connectivity index (χ1v) is 9.78. The van der Waals surface area contributed by atoms with Crippen molar-refractivity contribution in [3.8, 4) is 0 Å². The maximum atomic E-state index is 12.2. The molecule has 27 heavy (non-hydrogen) atoms. The van der Waals surface area contributed by atoms with Gasteiger partial charge in [0, 0.05) is 5.75 Å². The number of carbonyl (C=O) groups excluding carboxylic acids is 3. The number of benzene rings is 2. The summed E-state index contributed by atoms with van der Waals surface area (Å²) in [5, 5.41) is 0.547. The van der Waals surface area contributed by atoms with E-state index in [9.17, 15) is 14.4 Å². The van der Waals surface area contributed by atoms with Gasteiger partial charge in [-0.2, -0.15) is 0 Å². The summed E-state index contributed by atoms with van der Waals surface area (Å²) in [6, 6.07) is 14.7. The predicted octanol–water partition coefficient (Wildman–Crippen LogP) is 3.97. The van der Waals surface area contributed by atoms with Gasteiger partial charge >= 0.3 is 5.97 Å². The van der Waals surface area contributed by atoms with Crippen LogP contribution in [-0.4, -0.2) is 28.6 Å². The minimum absolute atomic E-state index is 0.0500. The minimum Gasteiger partial charge on any atom is -0.329 e. The number of carbonyl (C=O) groups is 3. The second-order valence-corrected chi connectivity index (χ2v) is 8.34. The van der Waals surface area contributed by atoms with E-state index in [1.165, 1.54) is 17.3 Å². The lowest BCUT2D eigenvalue weighted by Crippen LogP contribution is -2.33. The zero-order valence-corrected chi connectivity index (χ0v) is 16.3. The van der Waals surface area contributed by atoms with Crippen molar-refractivity contribution in [3.05, 3.63) is 70.8 Å². The molecule has 1 aliphatic rings. The molecule has 0 N–H and O–H groups in total. The van der Waals surface area contributed by atoms with E-state index in [1.54, 1.807) is 24.3 Å². The van der Waals surface area contributed by atoms with E-state index in [0.29, 0.717) is 10.8 Å². The van der Waals surface area contributed by atoms with Gasteiger partial charge in [-0.25, -0.2) is 4.79 Å². The monoisotopic (exact) mass is 383 g/mol. The fraction of sp³-hybridized carbons (Fsp3) is 0.286. The number of hydrogen-bond donors (Lipinski definition) is 0. The van der Waals surface area contributed by atoms with Crippen molar-refractivity contribution in [2.45, 2.75) is 31.9 Å². The third kappa shape index (κ3) is 4.22. The summed E-state index contributed by atoms with van der Waals surface area (Å²) in [6.07, 6.45) is 0. The maximum Gasteiger partial charge on any atom is 0.343 e. The Morgan fingerprint density at radius 1 is 0.963 bits per heavy atom. The predicted molar refractivity (Wildman–Crippen MR) is 104 cm³/mol. The second-order valence-electron chi connectivity index (χ2n) is 7.35. The molecule has 0 aromatic heterocycles. The van der Waals surface area contributed by atoms with Gasteiger partial charge < -0.3 is 4.84 Å². The fourth-order valence-corrected chi connectivity index (χ4v) is 3.48. The molecule has 0 spiro atoms. The van der Waals surface area contributed by atoms with Crippen molar-refractivity contribution in [2.75, 3.05) is 5.75 Å². The molecule has 0 saturated heterocycles. The van der Waals surface area contributed by atoms with E-state index in [-0.39, 0.29) is 22.3 Å². The van der Waals surface area contributed by atoms with Crippen LogP contribution in [0.2, 0.25) is 0 Å². The molecule has 0 bridgehead atoms. The summed E-state index contributed by atoms with van der Waals surface area (Å²) in [4.78, 5) is 41.4. The maximum absolute atomic E-state index is 12.2. The van der Waals surface area contributed by atoms with E-state index in [1.807, 2.05) is 12.1 Å². The summed E-state index contributed by atoms with van der Waals surface area (Å²) in [6.45, 7) is 6.48. The van der Waals surface area contributed by atoms with Crippen LogP contribution in [0.3, 0.4) is 0 Å². The summed E-state index contributed by atoms with van der Waals surface area (Å²) < 4.78 is 0. The molecule has 2 amide bonds. The van der Waals surface area contributed by atoms with Gasteiger partial charge in [-0.3, -0.25) is 9.59 Å². The van der Waals surface area contributed by atoms with E-state index in [4.69, 9.17) is 4.84 Å². The van der Waals surface area contributed by atoms with Crippen LogP contribution < -0.4 is 0 Å². The molecule has 0 aliphatic carbocycles. The molecule has 2 aromatic rings. The number of hydroxylamine groups is 2. The summed E-state index contributed by atoms with van der Waals surface area (Å²) in [5.41, 5.74) is 2.95. The number of hydrogen-bond acceptors (Lipinski definition) is 5. The van der Waals surface area contributed by atoms with Crippen LogP contribution in [0.15, 0.2) is 48.5 Å². The molecule has 140 valence electrons. The molecular weight excluding hydrogens is 362 g/mol. The molecular formula is C21H21NO4S. The molecule has 0 fully saturated rings. The van der Waals surface area contributed by atoms with Crippen LogP contribution in [-0.2, 0) is 20.8 Å². The van der Waals surface area contributed by atoms with Gasteiger partial charge in [-0.15, -0.1) is 11.8 Å². The Balaban J connectivity index is 1.51. The van der Waals surface area contributed by atoms with Gasteiger partial charge in [-0.05, 0) is 28.7 Å². The molecule has 2 aromatic carbocycles. The molecule has 0 radical (unpaired) electrons. The number of nitrogens with zero attached hydrogens (tertiary/aromatic N) is 1. The third-order valence-electron chi connectivity index (χ3n) is 4.26. The lowest BCUT2D eigenvalue weighted by Gasteiger charge is -2.19. The van der Waals surface area contributed by atoms with Crippen molar-refractivity contribution in [2.24, 2.45) is 0 Å². The standard InChI is InChI=1S/C21H21NO4S/c1-21(2,3)15-10-8-14(9-11-15)12-27-13-18(23)26-22-19(24)16-6-4-5-7-17(16)20(22)25/h4-11H,12-13H2,1-3H3. The van der Waals surface area contributed by atoms with E-state index in [0.717, 1.165) is 5.56 Å². The molecule has 6 heteroatoms. The average Bonchev–Trinajstić information content (AvgIpc) is 2.87. The number of imide groups is 1. The molecule has 3 rings (SSSR count). The average molecular weight is 383 g/mol. The normalized spacial score (nSPS) is 13.7. The largest absolute Gasteiger partial charge is 0.343 e. The molecule has 1 heterocycles. The first-order chi connectivity index (χ1) is 12.8. The van der Waals surface area contributed by atoms with Crippen molar-refractivity contribution in [1.82, 2.24) is 5.06 Å². The summed E-state index contributed by atoms with van der Waals surface area (Å²) in [7, 11) is 0. The van der Waals surface area contributed by atoms with Gasteiger partial charge in [0.15, 0.2) is 0 Å². The molecule has 0 unspecified atom stereocenters. The SMILES string of the molecule is CC(C)(C)c1ccc(CSCC(=O)ON2C(=O)c3ccccc3C2=O)cc1. The van der Waals surface area contributed by atoms with E-state index < -0.39 is 17.8 Å². The number of fused-ring (bicyclic) bond motifs is 1. The van der Waals surface area contributed by atoms with Crippen molar-refractivity contribution in [1.29, 1.82) is 0 Å². The first kappa shape index (κ1) is 19.2. The van der Waals surface area contributed by atoms with Gasteiger partial charge in [0.05, 0.1) is 16.9 Å². The highest BCUT2D eigenvalue weighted by Gasteiger charge is 2.38. The lowest BCUT2D eigenvalue weighted by molar-refractivity contribution is -0.165. The van der Waals surface area contributed by atoms with Crippen molar-refractivity contribution in [3.63, 3.8) is 0 Å². The topological polar surface area (TPSA) is 63.7 Å². The highest BCUT2D eigenvalue weighted by molar-refractivity contribution is 7.99. The number of thioether (sulfide) groups is 1. The Kier molecular flexibility index (Phi) is 5.37. The quantitative estimate of drug-likeness (QED) is 0.731. The van der Waals surface area contributed by atoms with Crippen molar-refractivity contribution >= 4 is 29.5 Å². The number of rotatable bonds is 5. The Morgan fingerprint density at radius 3 is 2.04 bits per heavy atom. The molecule has 1 aliphatic heterocycles. The molecule has 0 saturated carbocycles. The zero-order chi connectivity index (χ0) is 19.6. The van der Waals surface area contributed by atoms with Crippen LogP contribution in [0.5, 0.6) is 0 Å². The Morgan fingerprint density at radius 2 is 1.52 bits per heavy atom. The summed E-state index contributed by atoms with van der Waals surface area (Å²) in [5.74, 6) is -1.14. The van der Waals surface area contributed by atoms with Crippen LogP contribution in [0.1, 0.15) is 52.6 Å².